The van der Waals surface area contributed by atoms with Crippen molar-refractivity contribution >= 4 is 10.9 Å². The second kappa shape index (κ2) is 5.28. The van der Waals surface area contributed by atoms with E-state index in [9.17, 15) is 4.79 Å². The quantitative estimate of drug-likeness (QED) is 0.802. The number of benzene rings is 2. The minimum Gasteiger partial charge on any atom is -0.497 e. The molecule has 3 rings (SSSR count). The van der Waals surface area contributed by atoms with Gasteiger partial charge in [0.25, 0.3) is 0 Å². The van der Waals surface area contributed by atoms with E-state index in [-0.39, 0.29) is 5.69 Å². The number of rotatable bonds is 3. The van der Waals surface area contributed by atoms with Crippen molar-refractivity contribution in [3.05, 3.63) is 52.9 Å². The molecule has 1 heterocycles. The van der Waals surface area contributed by atoms with Crippen LogP contribution in [0.5, 0.6) is 11.5 Å². The Hall–Kier alpha value is -2.82. The fraction of sp³-hybridized carbons (Fsp3) is 0.125. The standard InChI is InChI=1S/C16H14N2O3/c1-20-11-5-3-10(4-6-11)15-13-8-7-12(21-2)9-14(13)17-16(19)18-15/h3-9H,1-2H3,(H,17,18,19). The molecule has 1 aromatic heterocycles. The Morgan fingerprint density at radius 1 is 0.952 bits per heavy atom. The zero-order chi connectivity index (χ0) is 14.8. The van der Waals surface area contributed by atoms with Gasteiger partial charge in [-0.3, -0.25) is 0 Å². The molecule has 0 aliphatic rings. The summed E-state index contributed by atoms with van der Waals surface area (Å²) in [5.74, 6) is 1.44. The number of fused-ring (bicyclic) bond motifs is 1. The summed E-state index contributed by atoms with van der Waals surface area (Å²) in [6.45, 7) is 0. The highest BCUT2D eigenvalue weighted by atomic mass is 16.5. The third-order valence-corrected chi connectivity index (χ3v) is 3.30. The Kier molecular flexibility index (Phi) is 3.31. The van der Waals surface area contributed by atoms with E-state index in [0.717, 1.165) is 16.7 Å². The smallest absolute Gasteiger partial charge is 0.345 e. The highest BCUT2D eigenvalue weighted by Crippen LogP contribution is 2.28. The fourth-order valence-corrected chi connectivity index (χ4v) is 2.23. The Balaban J connectivity index is 2.23. The van der Waals surface area contributed by atoms with E-state index < -0.39 is 0 Å². The maximum absolute atomic E-state index is 11.8. The first-order valence-corrected chi connectivity index (χ1v) is 6.44. The molecule has 2 aromatic carbocycles. The SMILES string of the molecule is COc1ccc(-c2nc(=O)[nH]c3cc(OC)ccc23)cc1. The molecule has 0 atom stereocenters. The number of hydrogen-bond acceptors (Lipinski definition) is 4. The second-order valence-corrected chi connectivity index (χ2v) is 4.53. The van der Waals surface area contributed by atoms with Crippen molar-refractivity contribution in [2.75, 3.05) is 14.2 Å². The first kappa shape index (κ1) is 13.2. The third kappa shape index (κ3) is 2.45. The Morgan fingerprint density at radius 3 is 2.29 bits per heavy atom. The summed E-state index contributed by atoms with van der Waals surface area (Å²) in [6, 6.07) is 13.0. The maximum atomic E-state index is 11.8. The summed E-state index contributed by atoms with van der Waals surface area (Å²) in [4.78, 5) is 18.6. The van der Waals surface area contributed by atoms with Crippen molar-refractivity contribution in [3.63, 3.8) is 0 Å². The van der Waals surface area contributed by atoms with Crippen LogP contribution in [0, 0.1) is 0 Å². The molecule has 3 aromatic rings. The average molecular weight is 282 g/mol. The Bertz CT molecular complexity index is 838. The second-order valence-electron chi connectivity index (χ2n) is 4.53. The number of aromatic amines is 1. The van der Waals surface area contributed by atoms with E-state index in [4.69, 9.17) is 9.47 Å². The lowest BCUT2D eigenvalue weighted by Gasteiger charge is -2.07. The van der Waals surface area contributed by atoms with E-state index in [1.54, 1.807) is 20.3 Å². The average Bonchev–Trinajstić information content (AvgIpc) is 2.53. The van der Waals surface area contributed by atoms with Crippen molar-refractivity contribution in [2.45, 2.75) is 0 Å². The normalized spacial score (nSPS) is 10.6. The van der Waals surface area contributed by atoms with Crippen molar-refractivity contribution in [1.82, 2.24) is 9.97 Å². The van der Waals surface area contributed by atoms with E-state index in [2.05, 4.69) is 9.97 Å². The van der Waals surface area contributed by atoms with Crippen molar-refractivity contribution in [1.29, 1.82) is 0 Å². The number of nitrogens with one attached hydrogen (secondary N) is 1. The Labute approximate surface area is 121 Å². The predicted octanol–water partition coefficient (Wildman–Crippen LogP) is 2.61. The van der Waals surface area contributed by atoms with Gasteiger partial charge < -0.3 is 14.5 Å². The van der Waals surface area contributed by atoms with Gasteiger partial charge in [-0.15, -0.1) is 0 Å². The van der Waals surface area contributed by atoms with E-state index in [0.29, 0.717) is 17.0 Å². The number of nitrogens with zero attached hydrogens (tertiary/aromatic N) is 1. The molecule has 5 nitrogen and oxygen atoms in total. The van der Waals surface area contributed by atoms with Gasteiger partial charge in [-0.1, -0.05) is 0 Å². The van der Waals surface area contributed by atoms with Crippen LogP contribution in [0.1, 0.15) is 0 Å². The minimum atomic E-state index is -0.387. The number of hydrogen-bond donors (Lipinski definition) is 1. The first-order chi connectivity index (χ1) is 10.2. The molecule has 21 heavy (non-hydrogen) atoms. The van der Waals surface area contributed by atoms with Crippen molar-refractivity contribution in [2.24, 2.45) is 0 Å². The Morgan fingerprint density at radius 2 is 1.62 bits per heavy atom. The molecule has 0 saturated heterocycles. The predicted molar refractivity (Wildman–Crippen MR) is 80.9 cm³/mol. The van der Waals surface area contributed by atoms with E-state index >= 15 is 0 Å². The van der Waals surface area contributed by atoms with Gasteiger partial charge >= 0.3 is 5.69 Å². The number of methoxy groups -OCH3 is 2. The molecule has 1 N–H and O–H groups in total. The molecule has 0 fully saturated rings. The summed E-state index contributed by atoms with van der Waals surface area (Å²) in [5.41, 5.74) is 1.80. The highest BCUT2D eigenvalue weighted by molar-refractivity contribution is 5.92. The van der Waals surface area contributed by atoms with Crippen LogP contribution >= 0.6 is 0 Å². The van der Waals surface area contributed by atoms with Crippen LogP contribution in [0.15, 0.2) is 47.3 Å². The molecule has 0 aliphatic heterocycles. The van der Waals surface area contributed by atoms with Crippen molar-refractivity contribution < 1.29 is 9.47 Å². The summed E-state index contributed by atoms with van der Waals surface area (Å²) in [5, 5.41) is 0.862. The van der Waals surface area contributed by atoms with Gasteiger partial charge in [0.05, 0.1) is 25.4 Å². The zero-order valence-corrected chi connectivity index (χ0v) is 11.7. The van der Waals surface area contributed by atoms with E-state index in [1.807, 2.05) is 36.4 Å². The maximum Gasteiger partial charge on any atom is 0.345 e. The molecular formula is C16H14N2O3. The van der Waals surface area contributed by atoms with Gasteiger partial charge in [0.15, 0.2) is 0 Å². The van der Waals surface area contributed by atoms with Crippen LogP contribution in [-0.2, 0) is 0 Å². The molecule has 0 unspecified atom stereocenters. The molecule has 0 spiro atoms. The van der Waals surface area contributed by atoms with Gasteiger partial charge in [-0.2, -0.15) is 4.98 Å². The van der Waals surface area contributed by atoms with Crippen LogP contribution in [-0.4, -0.2) is 24.2 Å². The summed E-state index contributed by atoms with van der Waals surface area (Å²) in [6.07, 6.45) is 0. The van der Waals surface area contributed by atoms with Gasteiger partial charge in [0, 0.05) is 17.0 Å². The third-order valence-electron chi connectivity index (χ3n) is 3.30. The molecule has 0 aliphatic carbocycles. The molecule has 106 valence electrons. The topological polar surface area (TPSA) is 64.2 Å². The number of H-pyrrole nitrogens is 1. The van der Waals surface area contributed by atoms with Crippen LogP contribution in [0.3, 0.4) is 0 Å². The summed E-state index contributed by atoms with van der Waals surface area (Å²) < 4.78 is 10.3. The van der Waals surface area contributed by atoms with Gasteiger partial charge in [0.2, 0.25) is 0 Å². The van der Waals surface area contributed by atoms with Crippen LogP contribution < -0.4 is 15.2 Å². The lowest BCUT2D eigenvalue weighted by Crippen LogP contribution is -2.11. The summed E-state index contributed by atoms with van der Waals surface area (Å²) >= 11 is 0. The number of ether oxygens (including phenoxy) is 2. The largest absolute Gasteiger partial charge is 0.497 e. The van der Waals surface area contributed by atoms with Gasteiger partial charge in [-0.05, 0) is 36.4 Å². The monoisotopic (exact) mass is 282 g/mol. The summed E-state index contributed by atoms with van der Waals surface area (Å²) in [7, 11) is 3.20. The highest BCUT2D eigenvalue weighted by Gasteiger charge is 2.09. The molecule has 0 saturated carbocycles. The van der Waals surface area contributed by atoms with Gasteiger partial charge in [0.1, 0.15) is 11.5 Å². The fourth-order valence-electron chi connectivity index (χ4n) is 2.23. The molecular weight excluding hydrogens is 268 g/mol. The lowest BCUT2D eigenvalue weighted by atomic mass is 10.1. The first-order valence-electron chi connectivity index (χ1n) is 6.44. The minimum absolute atomic E-state index is 0.387. The van der Waals surface area contributed by atoms with Gasteiger partial charge in [-0.25, -0.2) is 4.79 Å². The zero-order valence-electron chi connectivity index (χ0n) is 11.7. The van der Waals surface area contributed by atoms with E-state index in [1.165, 1.54) is 0 Å². The van der Waals surface area contributed by atoms with Crippen molar-refractivity contribution in [3.8, 4) is 22.8 Å². The molecule has 0 amide bonds. The van der Waals surface area contributed by atoms with Crippen LogP contribution in [0.4, 0.5) is 0 Å². The molecule has 5 heteroatoms. The molecule has 0 radical (unpaired) electrons. The van der Waals surface area contributed by atoms with Crippen LogP contribution in [0.25, 0.3) is 22.2 Å². The number of aromatic nitrogens is 2. The molecule has 0 bridgehead atoms. The lowest BCUT2D eigenvalue weighted by molar-refractivity contribution is 0.415. The van der Waals surface area contributed by atoms with Crippen LogP contribution in [0.2, 0.25) is 0 Å².